The predicted molar refractivity (Wildman–Crippen MR) is 83.5 cm³/mol. The summed E-state index contributed by atoms with van der Waals surface area (Å²) in [7, 11) is 3.71. The summed E-state index contributed by atoms with van der Waals surface area (Å²) in [6.45, 7) is 2.59. The number of hydrogen-bond donors (Lipinski definition) is 3. The van der Waals surface area contributed by atoms with E-state index in [1.807, 2.05) is 24.4 Å². The maximum Gasteiger partial charge on any atom is 0.252 e. The molecule has 0 aromatic carbocycles. The van der Waals surface area contributed by atoms with E-state index in [1.165, 1.54) is 11.3 Å². The lowest BCUT2D eigenvalue weighted by molar-refractivity contribution is -0.122. The summed E-state index contributed by atoms with van der Waals surface area (Å²) in [5.41, 5.74) is -0.367. The van der Waals surface area contributed by atoms with Crippen molar-refractivity contribution in [2.75, 3.05) is 33.7 Å². The number of thiophene rings is 1. The fraction of sp³-hybridized carbons (Fsp3) is 0.571. The third-order valence-electron chi connectivity index (χ3n) is 2.74. The number of nitrogens with one attached hydrogen (secondary N) is 2. The number of rotatable bonds is 8. The van der Waals surface area contributed by atoms with Crippen molar-refractivity contribution in [1.29, 1.82) is 0 Å². The van der Waals surface area contributed by atoms with E-state index in [1.54, 1.807) is 18.4 Å². The van der Waals surface area contributed by atoms with Crippen molar-refractivity contribution in [3.8, 4) is 0 Å². The van der Waals surface area contributed by atoms with E-state index in [-0.39, 0.29) is 31.3 Å². The van der Waals surface area contributed by atoms with Crippen molar-refractivity contribution in [3.05, 3.63) is 22.4 Å². The molecule has 118 valence electrons. The molecule has 0 aliphatic carbocycles. The van der Waals surface area contributed by atoms with Gasteiger partial charge in [-0.15, -0.1) is 0 Å². The first-order chi connectivity index (χ1) is 9.80. The van der Waals surface area contributed by atoms with Crippen molar-refractivity contribution in [3.63, 3.8) is 0 Å². The number of likely N-dealkylation sites (N-methyl/N-ethyl adjacent to an activating group) is 1. The molecule has 0 saturated carbocycles. The molecule has 0 aliphatic heterocycles. The zero-order valence-electron chi connectivity index (χ0n) is 12.7. The van der Waals surface area contributed by atoms with Gasteiger partial charge in [0.15, 0.2) is 0 Å². The van der Waals surface area contributed by atoms with Crippen LogP contribution in [0.5, 0.6) is 0 Å². The Morgan fingerprint density at radius 3 is 2.67 bits per heavy atom. The number of amides is 2. The smallest absolute Gasteiger partial charge is 0.252 e. The second kappa shape index (κ2) is 8.11. The van der Waals surface area contributed by atoms with Crippen LogP contribution in [0.1, 0.15) is 23.7 Å². The van der Waals surface area contributed by atoms with E-state index in [9.17, 15) is 14.7 Å². The highest BCUT2D eigenvalue weighted by Crippen LogP contribution is 2.05. The minimum Gasteiger partial charge on any atom is -0.387 e. The van der Waals surface area contributed by atoms with Crippen molar-refractivity contribution in [2.45, 2.75) is 18.9 Å². The summed E-state index contributed by atoms with van der Waals surface area (Å²) in [5, 5.41) is 19.0. The van der Waals surface area contributed by atoms with Gasteiger partial charge in [0.1, 0.15) is 0 Å². The molecule has 0 spiro atoms. The number of hydrogen-bond acceptors (Lipinski definition) is 5. The minimum absolute atomic E-state index is 0.177. The van der Waals surface area contributed by atoms with Crippen molar-refractivity contribution in [2.24, 2.45) is 0 Å². The van der Waals surface area contributed by atoms with Crippen molar-refractivity contribution >= 4 is 23.2 Å². The van der Waals surface area contributed by atoms with E-state index in [4.69, 9.17) is 0 Å². The Labute approximate surface area is 129 Å². The molecule has 1 aromatic rings. The Morgan fingerprint density at radius 1 is 1.38 bits per heavy atom. The minimum atomic E-state index is -0.973. The second-order valence-electron chi connectivity index (χ2n) is 5.53. The number of carbonyl (C=O) groups is 2. The SMILES string of the molecule is CN(C)CC(C)(O)CNC(=O)CCNC(=O)c1ccsc1. The van der Waals surface area contributed by atoms with Crippen LogP contribution in [0, 0.1) is 0 Å². The highest BCUT2D eigenvalue weighted by atomic mass is 32.1. The number of carbonyl (C=O) groups excluding carboxylic acids is 2. The fourth-order valence-electron chi connectivity index (χ4n) is 1.90. The van der Waals surface area contributed by atoms with Crippen LogP contribution in [0.25, 0.3) is 0 Å². The van der Waals surface area contributed by atoms with Crippen LogP contribution in [0.4, 0.5) is 0 Å². The molecular weight excluding hydrogens is 290 g/mol. The molecule has 1 aromatic heterocycles. The van der Waals surface area contributed by atoms with Gasteiger partial charge in [-0.1, -0.05) is 0 Å². The quantitative estimate of drug-likeness (QED) is 0.645. The molecular formula is C14H23N3O3S. The van der Waals surface area contributed by atoms with Gasteiger partial charge < -0.3 is 20.6 Å². The predicted octanol–water partition coefficient (Wildman–Crippen LogP) is 0.297. The Kier molecular flexibility index (Phi) is 6.80. The van der Waals surface area contributed by atoms with Crippen LogP contribution >= 0.6 is 11.3 Å². The molecule has 1 atom stereocenters. The van der Waals surface area contributed by atoms with Crippen LogP contribution < -0.4 is 10.6 Å². The molecule has 2 amide bonds. The van der Waals surface area contributed by atoms with Gasteiger partial charge in [-0.2, -0.15) is 11.3 Å². The van der Waals surface area contributed by atoms with Crippen LogP contribution in [-0.4, -0.2) is 61.2 Å². The van der Waals surface area contributed by atoms with Crippen LogP contribution in [0.3, 0.4) is 0 Å². The summed E-state index contributed by atoms with van der Waals surface area (Å²) < 4.78 is 0. The first-order valence-corrected chi connectivity index (χ1v) is 7.69. The lowest BCUT2D eigenvalue weighted by Gasteiger charge is -2.27. The largest absolute Gasteiger partial charge is 0.387 e. The molecule has 7 heteroatoms. The van der Waals surface area contributed by atoms with Gasteiger partial charge in [-0.25, -0.2) is 0 Å². The molecule has 0 aliphatic rings. The first-order valence-electron chi connectivity index (χ1n) is 6.74. The van der Waals surface area contributed by atoms with Gasteiger partial charge in [0.05, 0.1) is 5.60 Å². The zero-order valence-corrected chi connectivity index (χ0v) is 13.5. The van der Waals surface area contributed by atoms with Gasteiger partial charge in [0, 0.05) is 37.0 Å². The molecule has 1 rings (SSSR count). The molecule has 21 heavy (non-hydrogen) atoms. The van der Waals surface area contributed by atoms with E-state index < -0.39 is 5.60 Å². The van der Waals surface area contributed by atoms with Crippen LogP contribution in [0.2, 0.25) is 0 Å². The van der Waals surface area contributed by atoms with Gasteiger partial charge in [0.25, 0.3) is 5.91 Å². The molecule has 0 saturated heterocycles. The molecule has 0 fully saturated rings. The number of aliphatic hydroxyl groups is 1. The zero-order chi connectivity index (χ0) is 15.9. The lowest BCUT2D eigenvalue weighted by atomic mass is 10.1. The fourth-order valence-corrected chi connectivity index (χ4v) is 2.54. The summed E-state index contributed by atoms with van der Waals surface area (Å²) >= 11 is 1.45. The van der Waals surface area contributed by atoms with Gasteiger partial charge >= 0.3 is 0 Å². The maximum absolute atomic E-state index is 11.7. The molecule has 3 N–H and O–H groups in total. The molecule has 1 heterocycles. The first kappa shape index (κ1) is 17.6. The normalized spacial score (nSPS) is 13.8. The topological polar surface area (TPSA) is 81.7 Å². The van der Waals surface area contributed by atoms with Gasteiger partial charge in [-0.3, -0.25) is 9.59 Å². The van der Waals surface area contributed by atoms with Crippen molar-refractivity contribution < 1.29 is 14.7 Å². The van der Waals surface area contributed by atoms with Gasteiger partial charge in [0.2, 0.25) is 5.91 Å². The van der Waals surface area contributed by atoms with E-state index in [2.05, 4.69) is 10.6 Å². The van der Waals surface area contributed by atoms with E-state index in [0.717, 1.165) is 0 Å². The summed E-state index contributed by atoms with van der Waals surface area (Å²) in [5.74, 6) is -0.372. The Morgan fingerprint density at radius 2 is 2.10 bits per heavy atom. The molecule has 0 radical (unpaired) electrons. The third-order valence-corrected chi connectivity index (χ3v) is 3.43. The van der Waals surface area contributed by atoms with Crippen LogP contribution in [-0.2, 0) is 4.79 Å². The van der Waals surface area contributed by atoms with Crippen LogP contribution in [0.15, 0.2) is 16.8 Å². The lowest BCUT2D eigenvalue weighted by Crippen LogP contribution is -2.47. The average molecular weight is 313 g/mol. The third kappa shape index (κ3) is 7.22. The van der Waals surface area contributed by atoms with Crippen molar-refractivity contribution in [1.82, 2.24) is 15.5 Å². The maximum atomic E-state index is 11.7. The molecule has 1 unspecified atom stereocenters. The summed E-state index contributed by atoms with van der Waals surface area (Å²) in [6.07, 6.45) is 0.188. The molecule has 0 bridgehead atoms. The average Bonchev–Trinajstić information content (AvgIpc) is 2.88. The monoisotopic (exact) mass is 313 g/mol. The Balaban J connectivity index is 2.21. The highest BCUT2D eigenvalue weighted by Gasteiger charge is 2.21. The Hall–Kier alpha value is -1.44. The van der Waals surface area contributed by atoms with Gasteiger partial charge in [-0.05, 0) is 32.5 Å². The highest BCUT2D eigenvalue weighted by molar-refractivity contribution is 7.08. The van der Waals surface area contributed by atoms with E-state index >= 15 is 0 Å². The standard InChI is InChI=1S/C14H23N3O3S/c1-14(20,10-17(2)3)9-16-12(18)4-6-15-13(19)11-5-7-21-8-11/h5,7-8,20H,4,6,9-10H2,1-3H3,(H,15,19)(H,16,18). The van der Waals surface area contributed by atoms with E-state index in [0.29, 0.717) is 12.1 Å². The Bertz CT molecular complexity index is 458. The summed E-state index contributed by atoms with van der Waals surface area (Å²) in [4.78, 5) is 25.2. The molecule has 6 nitrogen and oxygen atoms in total. The second-order valence-corrected chi connectivity index (χ2v) is 6.31. The summed E-state index contributed by atoms with van der Waals surface area (Å²) in [6, 6.07) is 1.73. The number of nitrogens with zero attached hydrogens (tertiary/aromatic N) is 1.